The van der Waals surface area contributed by atoms with E-state index in [2.05, 4.69) is 99.4 Å². The van der Waals surface area contributed by atoms with Gasteiger partial charge in [-0.25, -0.2) is 4.98 Å². The van der Waals surface area contributed by atoms with Crippen molar-refractivity contribution in [3.05, 3.63) is 108 Å². The Kier molecular flexibility index (Phi) is 4.40. The Morgan fingerprint density at radius 2 is 1.15 bits per heavy atom. The molecule has 0 aliphatic carbocycles. The smallest absolute Gasteiger partial charge is 0.238 e. The van der Waals surface area contributed by atoms with Gasteiger partial charge in [-0.2, -0.15) is 4.98 Å². The largest absolute Gasteiger partial charge is 0.294 e. The van der Waals surface area contributed by atoms with E-state index in [1.807, 2.05) is 18.2 Å². The minimum absolute atomic E-state index is 0.398. The Morgan fingerprint density at radius 1 is 0.618 bits per heavy atom. The van der Waals surface area contributed by atoms with Crippen molar-refractivity contribution >= 4 is 62.5 Å². The highest BCUT2D eigenvalue weighted by atomic mass is 35.5. The minimum Gasteiger partial charge on any atom is -0.294 e. The molecule has 0 bridgehead atoms. The summed E-state index contributed by atoms with van der Waals surface area (Å²) in [5.41, 5.74) is 4.25. The van der Waals surface area contributed by atoms with Gasteiger partial charge in [0.05, 0.1) is 22.4 Å². The maximum Gasteiger partial charge on any atom is 0.238 e. The first-order chi connectivity index (χ1) is 16.8. The predicted molar refractivity (Wildman–Crippen MR) is 140 cm³/mol. The van der Waals surface area contributed by atoms with Crippen molar-refractivity contribution < 1.29 is 0 Å². The SMILES string of the molecule is Clc1cc(-n2c3ccccc3c3ccccc32)nc(N2c3ccccc3Sc3ccccc32)n1. The van der Waals surface area contributed by atoms with Gasteiger partial charge in [0.2, 0.25) is 5.95 Å². The number of para-hydroxylation sites is 4. The van der Waals surface area contributed by atoms with Crippen LogP contribution in [0.3, 0.4) is 0 Å². The molecule has 0 unspecified atom stereocenters. The highest BCUT2D eigenvalue weighted by molar-refractivity contribution is 7.99. The Morgan fingerprint density at radius 3 is 1.76 bits per heavy atom. The van der Waals surface area contributed by atoms with Crippen LogP contribution in [0.2, 0.25) is 5.15 Å². The van der Waals surface area contributed by atoms with E-state index in [1.54, 1.807) is 11.8 Å². The number of hydrogen-bond acceptors (Lipinski definition) is 4. The molecule has 2 aromatic heterocycles. The van der Waals surface area contributed by atoms with Crippen molar-refractivity contribution in [2.45, 2.75) is 9.79 Å². The van der Waals surface area contributed by atoms with Crippen LogP contribution in [0.25, 0.3) is 27.6 Å². The molecular formula is C28H17ClN4S. The van der Waals surface area contributed by atoms with E-state index in [4.69, 9.17) is 16.6 Å². The van der Waals surface area contributed by atoms with E-state index in [0.29, 0.717) is 11.1 Å². The number of fused-ring (bicyclic) bond motifs is 5. The van der Waals surface area contributed by atoms with Crippen molar-refractivity contribution in [1.82, 2.24) is 14.5 Å². The monoisotopic (exact) mass is 476 g/mol. The lowest BCUT2D eigenvalue weighted by Crippen LogP contribution is -2.18. The third-order valence-corrected chi connectivity index (χ3v) is 7.43. The molecule has 0 spiro atoms. The first kappa shape index (κ1) is 19.6. The predicted octanol–water partition coefficient (Wildman–Crippen LogP) is 8.16. The Hall–Kier alpha value is -3.80. The van der Waals surface area contributed by atoms with Crippen molar-refractivity contribution in [2.24, 2.45) is 0 Å². The molecule has 4 nitrogen and oxygen atoms in total. The van der Waals surface area contributed by atoms with Crippen LogP contribution in [0, 0.1) is 0 Å². The molecular weight excluding hydrogens is 460 g/mol. The highest BCUT2D eigenvalue weighted by Crippen LogP contribution is 2.50. The van der Waals surface area contributed by atoms with Crippen molar-refractivity contribution in [3.63, 3.8) is 0 Å². The quantitative estimate of drug-likeness (QED) is 0.236. The van der Waals surface area contributed by atoms with Gasteiger partial charge in [0.15, 0.2) is 0 Å². The molecule has 0 N–H and O–H groups in total. The highest BCUT2D eigenvalue weighted by Gasteiger charge is 2.27. The number of nitrogens with zero attached hydrogens (tertiary/aromatic N) is 4. The molecule has 0 saturated heterocycles. The van der Waals surface area contributed by atoms with Gasteiger partial charge >= 0.3 is 0 Å². The van der Waals surface area contributed by atoms with E-state index < -0.39 is 0 Å². The fourth-order valence-corrected chi connectivity index (χ4v) is 5.93. The molecule has 4 aromatic carbocycles. The number of rotatable bonds is 2. The number of hydrogen-bond donors (Lipinski definition) is 0. The maximum absolute atomic E-state index is 6.65. The summed E-state index contributed by atoms with van der Waals surface area (Å²) in [6.07, 6.45) is 0. The number of aromatic nitrogens is 3. The van der Waals surface area contributed by atoms with Gasteiger partial charge in [0.25, 0.3) is 0 Å². The average Bonchev–Trinajstić information content (AvgIpc) is 3.21. The fourth-order valence-electron chi connectivity index (χ4n) is 4.70. The van der Waals surface area contributed by atoms with Gasteiger partial charge in [-0.3, -0.25) is 9.47 Å². The molecule has 0 amide bonds. The molecule has 3 heterocycles. The van der Waals surface area contributed by atoms with E-state index in [-0.39, 0.29) is 0 Å². The molecule has 162 valence electrons. The van der Waals surface area contributed by atoms with Gasteiger partial charge in [-0.1, -0.05) is 84.0 Å². The lowest BCUT2D eigenvalue weighted by atomic mass is 10.2. The van der Waals surface area contributed by atoms with E-state index >= 15 is 0 Å². The topological polar surface area (TPSA) is 34.0 Å². The zero-order chi connectivity index (χ0) is 22.6. The molecule has 0 saturated carbocycles. The van der Waals surface area contributed by atoms with Crippen molar-refractivity contribution in [2.75, 3.05) is 4.90 Å². The van der Waals surface area contributed by atoms with E-state index in [9.17, 15) is 0 Å². The second kappa shape index (κ2) is 7.62. The first-order valence-electron chi connectivity index (χ1n) is 11.0. The molecule has 1 aliphatic rings. The third kappa shape index (κ3) is 2.94. The lowest BCUT2D eigenvalue weighted by molar-refractivity contribution is 0.993. The molecule has 0 atom stereocenters. The fraction of sp³-hybridized carbons (Fsp3) is 0. The molecule has 6 heteroatoms. The lowest BCUT2D eigenvalue weighted by Gasteiger charge is -2.31. The summed E-state index contributed by atoms with van der Waals surface area (Å²) in [4.78, 5) is 14.2. The second-order valence-corrected chi connectivity index (χ2v) is 9.56. The Labute approximate surface area is 205 Å². The van der Waals surface area contributed by atoms with Crippen molar-refractivity contribution in [3.8, 4) is 5.82 Å². The number of anilines is 3. The second-order valence-electron chi connectivity index (χ2n) is 8.09. The van der Waals surface area contributed by atoms with E-state index in [0.717, 1.165) is 38.0 Å². The summed E-state index contributed by atoms with van der Waals surface area (Å²) in [5, 5.41) is 2.76. The molecule has 34 heavy (non-hydrogen) atoms. The van der Waals surface area contributed by atoms with Gasteiger partial charge in [0.1, 0.15) is 11.0 Å². The first-order valence-corrected chi connectivity index (χ1v) is 12.2. The summed E-state index contributed by atoms with van der Waals surface area (Å²) >= 11 is 8.40. The zero-order valence-corrected chi connectivity index (χ0v) is 19.5. The normalized spacial score (nSPS) is 12.7. The molecule has 7 rings (SSSR count). The van der Waals surface area contributed by atoms with Crippen LogP contribution < -0.4 is 4.90 Å². The van der Waals surface area contributed by atoms with Crippen LogP contribution in [-0.2, 0) is 0 Å². The van der Waals surface area contributed by atoms with Crippen molar-refractivity contribution in [1.29, 1.82) is 0 Å². The van der Waals surface area contributed by atoms with Crippen LogP contribution in [0.4, 0.5) is 17.3 Å². The minimum atomic E-state index is 0.398. The zero-order valence-electron chi connectivity index (χ0n) is 17.9. The summed E-state index contributed by atoms with van der Waals surface area (Å²) in [5.74, 6) is 1.28. The average molecular weight is 477 g/mol. The van der Waals surface area contributed by atoms with Crippen LogP contribution in [0.15, 0.2) is 113 Å². The standard InChI is InChI=1S/C28H17ClN4S/c29-26-17-27(32-20-11-3-1-9-18(20)19-10-2-4-12-21(19)32)31-28(30-26)33-22-13-5-7-15-24(22)34-25-16-8-6-14-23(25)33/h1-17H. The number of halogens is 1. The van der Waals surface area contributed by atoms with Crippen LogP contribution in [0.5, 0.6) is 0 Å². The maximum atomic E-state index is 6.65. The van der Waals surface area contributed by atoms with Crippen LogP contribution in [0.1, 0.15) is 0 Å². The van der Waals surface area contributed by atoms with Crippen LogP contribution >= 0.6 is 23.4 Å². The number of benzene rings is 4. The molecule has 6 aromatic rings. The summed E-state index contributed by atoms with van der Waals surface area (Å²) in [6.45, 7) is 0. The Balaban J connectivity index is 1.51. The van der Waals surface area contributed by atoms with Crippen LogP contribution in [-0.4, -0.2) is 14.5 Å². The van der Waals surface area contributed by atoms with Gasteiger partial charge in [-0.05, 0) is 36.4 Å². The third-order valence-electron chi connectivity index (χ3n) is 6.11. The van der Waals surface area contributed by atoms with Gasteiger partial charge in [0, 0.05) is 26.6 Å². The summed E-state index contributed by atoms with van der Waals surface area (Å²) in [7, 11) is 0. The molecule has 0 fully saturated rings. The Bertz CT molecular complexity index is 1630. The van der Waals surface area contributed by atoms with E-state index in [1.165, 1.54) is 10.8 Å². The van der Waals surface area contributed by atoms with Gasteiger partial charge in [-0.15, -0.1) is 0 Å². The summed E-state index contributed by atoms with van der Waals surface area (Å²) in [6, 6.07) is 35.2. The summed E-state index contributed by atoms with van der Waals surface area (Å²) < 4.78 is 2.16. The van der Waals surface area contributed by atoms with Gasteiger partial charge < -0.3 is 0 Å². The molecule has 0 radical (unpaired) electrons. The molecule has 1 aliphatic heterocycles.